The van der Waals surface area contributed by atoms with Crippen molar-refractivity contribution in [3.05, 3.63) is 55.5 Å². The third-order valence-corrected chi connectivity index (χ3v) is 5.50. The van der Waals surface area contributed by atoms with Crippen molar-refractivity contribution in [1.82, 2.24) is 19.7 Å². The van der Waals surface area contributed by atoms with E-state index >= 15 is 0 Å². The van der Waals surface area contributed by atoms with Crippen molar-refractivity contribution in [3.8, 4) is 11.3 Å². The van der Waals surface area contributed by atoms with Crippen LogP contribution in [0.25, 0.3) is 11.3 Å². The van der Waals surface area contributed by atoms with Crippen molar-refractivity contribution >= 4 is 17.7 Å². The second kappa shape index (κ2) is 10.5. The number of carbonyl (C=O) groups excluding carboxylic acids is 1. The summed E-state index contributed by atoms with van der Waals surface area (Å²) in [6.07, 6.45) is 5.96. The van der Waals surface area contributed by atoms with E-state index in [1.54, 1.807) is 36.3 Å². The molecule has 33 heavy (non-hydrogen) atoms. The molecule has 2 aromatic heterocycles. The number of carboxylic acid groups (broad SMARTS) is 1. The summed E-state index contributed by atoms with van der Waals surface area (Å²) in [4.78, 5) is 30.8. The molecule has 0 fully saturated rings. The van der Waals surface area contributed by atoms with E-state index in [1.807, 2.05) is 46.8 Å². The van der Waals surface area contributed by atoms with Gasteiger partial charge in [0.05, 0.1) is 35.2 Å². The van der Waals surface area contributed by atoms with Gasteiger partial charge in [-0.05, 0) is 45.2 Å². The van der Waals surface area contributed by atoms with E-state index in [9.17, 15) is 14.7 Å². The zero-order valence-corrected chi connectivity index (χ0v) is 20.4. The number of amides is 2. The van der Waals surface area contributed by atoms with Crippen molar-refractivity contribution in [2.24, 2.45) is 18.9 Å². The Kier molecular flexibility index (Phi) is 8.19. The SMILES string of the molecule is C=CC[C@@H](c1cc(-c2c(NC(=O)C(C=C)C(C)C)cnn2C)ccn1)N(C(=O)O)C(C)(C)C. The summed E-state index contributed by atoms with van der Waals surface area (Å²) >= 11 is 0. The highest BCUT2D eigenvalue weighted by Gasteiger charge is 2.34. The van der Waals surface area contributed by atoms with Crippen LogP contribution in [-0.2, 0) is 11.8 Å². The minimum Gasteiger partial charge on any atom is -0.465 e. The zero-order valence-electron chi connectivity index (χ0n) is 20.4. The average Bonchev–Trinajstić information content (AvgIpc) is 3.06. The number of nitrogens with zero attached hydrogens (tertiary/aromatic N) is 4. The Hall–Kier alpha value is -3.42. The van der Waals surface area contributed by atoms with Gasteiger partial charge >= 0.3 is 6.09 Å². The Bertz CT molecular complexity index is 1020. The summed E-state index contributed by atoms with van der Waals surface area (Å²) in [7, 11) is 1.79. The van der Waals surface area contributed by atoms with Crippen molar-refractivity contribution < 1.29 is 14.7 Å². The molecule has 0 saturated heterocycles. The standard InChI is InChI=1S/C25H35N5O3/c1-9-11-21(30(24(32)33)25(5,6)7)19-14-17(12-13-26-19)22-20(15-27-29(22)8)28-23(31)18(10-2)16(3)4/h9-10,12-16,18,21H,1-2,11H2,3-8H3,(H,28,31)(H,32,33)/t18?,21-/m0/s1. The number of aromatic nitrogens is 3. The molecule has 0 aromatic carbocycles. The Labute approximate surface area is 196 Å². The van der Waals surface area contributed by atoms with Crippen LogP contribution in [0.2, 0.25) is 0 Å². The molecule has 0 bridgehead atoms. The Balaban J connectivity index is 2.52. The second-order valence-corrected chi connectivity index (χ2v) is 9.36. The summed E-state index contributed by atoms with van der Waals surface area (Å²) in [6, 6.07) is 3.14. The van der Waals surface area contributed by atoms with E-state index in [2.05, 4.69) is 28.6 Å². The normalized spacial score (nSPS) is 13.3. The molecule has 0 saturated carbocycles. The van der Waals surface area contributed by atoms with E-state index in [0.717, 1.165) is 5.56 Å². The van der Waals surface area contributed by atoms with E-state index in [0.29, 0.717) is 23.5 Å². The first kappa shape index (κ1) is 25.8. The molecule has 8 nitrogen and oxygen atoms in total. The number of rotatable bonds is 9. The smallest absolute Gasteiger partial charge is 0.408 e. The van der Waals surface area contributed by atoms with Gasteiger partial charge in [0, 0.05) is 24.3 Å². The fourth-order valence-corrected chi connectivity index (χ4v) is 3.95. The highest BCUT2D eigenvalue weighted by atomic mass is 16.4. The van der Waals surface area contributed by atoms with E-state index in [1.165, 1.54) is 4.90 Å². The maximum absolute atomic E-state index is 12.8. The molecule has 1 unspecified atom stereocenters. The number of carbonyl (C=O) groups is 2. The molecule has 0 radical (unpaired) electrons. The monoisotopic (exact) mass is 453 g/mol. The van der Waals surface area contributed by atoms with Crippen LogP contribution < -0.4 is 5.32 Å². The predicted molar refractivity (Wildman–Crippen MR) is 131 cm³/mol. The van der Waals surface area contributed by atoms with Gasteiger partial charge in [0.2, 0.25) is 5.91 Å². The molecule has 2 heterocycles. The van der Waals surface area contributed by atoms with Crippen molar-refractivity contribution in [2.75, 3.05) is 5.32 Å². The van der Waals surface area contributed by atoms with Gasteiger partial charge in [-0.3, -0.25) is 19.4 Å². The van der Waals surface area contributed by atoms with Crippen LogP contribution in [-0.4, -0.2) is 42.3 Å². The van der Waals surface area contributed by atoms with Crippen LogP contribution in [0.3, 0.4) is 0 Å². The van der Waals surface area contributed by atoms with Crippen molar-refractivity contribution in [1.29, 1.82) is 0 Å². The third kappa shape index (κ3) is 5.88. The van der Waals surface area contributed by atoms with Gasteiger partial charge in [0.15, 0.2) is 0 Å². The van der Waals surface area contributed by atoms with Crippen molar-refractivity contribution in [3.63, 3.8) is 0 Å². The molecule has 0 aliphatic rings. The average molecular weight is 454 g/mol. The number of pyridine rings is 1. The van der Waals surface area contributed by atoms with Crippen LogP contribution in [0.5, 0.6) is 0 Å². The van der Waals surface area contributed by atoms with Gasteiger partial charge < -0.3 is 10.4 Å². The summed E-state index contributed by atoms with van der Waals surface area (Å²) in [5, 5.41) is 17.2. The first-order chi connectivity index (χ1) is 15.4. The Morgan fingerprint density at radius 3 is 2.48 bits per heavy atom. The van der Waals surface area contributed by atoms with Gasteiger partial charge in [-0.1, -0.05) is 26.0 Å². The Morgan fingerprint density at radius 1 is 1.30 bits per heavy atom. The largest absolute Gasteiger partial charge is 0.465 e. The number of hydrogen-bond acceptors (Lipinski definition) is 4. The number of hydrogen-bond donors (Lipinski definition) is 2. The maximum atomic E-state index is 12.8. The lowest BCUT2D eigenvalue weighted by molar-refractivity contribution is -0.119. The van der Waals surface area contributed by atoms with Gasteiger partial charge in [0.1, 0.15) is 0 Å². The van der Waals surface area contributed by atoms with E-state index < -0.39 is 17.7 Å². The molecule has 0 aliphatic heterocycles. The zero-order chi connectivity index (χ0) is 24.9. The fraction of sp³-hybridized carbons (Fsp3) is 0.440. The highest BCUT2D eigenvalue weighted by molar-refractivity contribution is 5.97. The lowest BCUT2D eigenvalue weighted by Gasteiger charge is -2.39. The minimum atomic E-state index is -1.03. The van der Waals surface area contributed by atoms with Crippen LogP contribution in [0.1, 0.15) is 52.8 Å². The van der Waals surface area contributed by atoms with Gasteiger partial charge in [-0.25, -0.2) is 4.79 Å². The molecule has 178 valence electrons. The minimum absolute atomic E-state index is 0.106. The van der Waals surface area contributed by atoms with Crippen LogP contribution in [0.4, 0.5) is 10.5 Å². The molecule has 2 aromatic rings. The number of nitrogens with one attached hydrogen (secondary N) is 1. The third-order valence-electron chi connectivity index (χ3n) is 5.50. The quantitative estimate of drug-likeness (QED) is 0.504. The molecule has 2 N–H and O–H groups in total. The summed E-state index contributed by atoms with van der Waals surface area (Å²) in [5.74, 6) is -0.383. The van der Waals surface area contributed by atoms with E-state index in [4.69, 9.17) is 0 Å². The van der Waals surface area contributed by atoms with E-state index in [-0.39, 0.29) is 17.7 Å². The van der Waals surface area contributed by atoms with Crippen molar-refractivity contribution in [2.45, 2.75) is 52.6 Å². The first-order valence-corrected chi connectivity index (χ1v) is 11.0. The molecule has 0 spiro atoms. The molecule has 2 amide bonds. The molecule has 2 rings (SSSR count). The van der Waals surface area contributed by atoms with Gasteiger partial charge in [-0.2, -0.15) is 5.10 Å². The number of anilines is 1. The van der Waals surface area contributed by atoms with Gasteiger partial charge in [-0.15, -0.1) is 13.2 Å². The first-order valence-electron chi connectivity index (χ1n) is 11.0. The summed E-state index contributed by atoms with van der Waals surface area (Å²) in [6.45, 7) is 17.1. The van der Waals surface area contributed by atoms with Gasteiger partial charge in [0.25, 0.3) is 0 Å². The molecular weight excluding hydrogens is 418 g/mol. The maximum Gasteiger partial charge on any atom is 0.408 e. The Morgan fingerprint density at radius 2 is 1.97 bits per heavy atom. The lowest BCUT2D eigenvalue weighted by Crippen LogP contribution is -2.47. The molecular formula is C25H35N5O3. The molecule has 8 heteroatoms. The molecule has 0 aliphatic carbocycles. The van der Waals surface area contributed by atoms with Crippen LogP contribution >= 0.6 is 0 Å². The van der Waals surface area contributed by atoms with Crippen LogP contribution in [0.15, 0.2) is 49.8 Å². The summed E-state index contributed by atoms with van der Waals surface area (Å²) < 4.78 is 1.67. The highest BCUT2D eigenvalue weighted by Crippen LogP contribution is 2.34. The molecule has 2 atom stereocenters. The van der Waals surface area contributed by atoms with Crippen LogP contribution in [0, 0.1) is 11.8 Å². The predicted octanol–water partition coefficient (Wildman–Crippen LogP) is 5.27. The topological polar surface area (TPSA) is 100 Å². The number of aryl methyl sites for hydroxylation is 1. The second-order valence-electron chi connectivity index (χ2n) is 9.36. The lowest BCUT2D eigenvalue weighted by atomic mass is 9.95. The fourth-order valence-electron chi connectivity index (χ4n) is 3.95. The summed E-state index contributed by atoms with van der Waals surface area (Å²) in [5.41, 5.74) is 1.99.